The van der Waals surface area contributed by atoms with Crippen LogP contribution in [0, 0.1) is 0 Å². The molecule has 2 N–H and O–H groups in total. The smallest absolute Gasteiger partial charge is 0.296 e. The summed E-state index contributed by atoms with van der Waals surface area (Å²) in [6.07, 6.45) is -0.344. The summed E-state index contributed by atoms with van der Waals surface area (Å²) in [4.78, 5) is 15.3. The minimum Gasteiger partial charge on any atom is -0.474 e. The second-order valence-electron chi connectivity index (χ2n) is 7.87. The van der Waals surface area contributed by atoms with E-state index in [0.29, 0.717) is 55.0 Å². The fourth-order valence-corrected chi connectivity index (χ4v) is 4.16. The van der Waals surface area contributed by atoms with Gasteiger partial charge in [-0.3, -0.25) is 4.57 Å². The highest BCUT2D eigenvalue weighted by Gasteiger charge is 2.26. The van der Waals surface area contributed by atoms with Crippen LogP contribution in [0.4, 0.5) is 14.7 Å². The zero-order chi connectivity index (χ0) is 21.4. The van der Waals surface area contributed by atoms with Gasteiger partial charge in [-0.25, -0.2) is 13.8 Å². The lowest BCUT2D eigenvalue weighted by Crippen LogP contribution is -2.37. The van der Waals surface area contributed by atoms with Crippen LogP contribution in [0.3, 0.4) is 0 Å². The van der Waals surface area contributed by atoms with Crippen molar-refractivity contribution in [2.75, 3.05) is 31.2 Å². The van der Waals surface area contributed by atoms with Gasteiger partial charge in [0.25, 0.3) is 6.43 Å². The summed E-state index contributed by atoms with van der Waals surface area (Å²) in [6, 6.07) is 8.73. The monoisotopic (exact) mass is 430 g/mol. The number of ether oxygens (including phenoxy) is 2. The molecule has 0 radical (unpaired) electrons. The quantitative estimate of drug-likeness (QED) is 0.666. The van der Waals surface area contributed by atoms with Gasteiger partial charge in [-0.1, -0.05) is 12.1 Å². The van der Waals surface area contributed by atoms with Crippen LogP contribution in [0.1, 0.15) is 31.5 Å². The zero-order valence-electron chi connectivity index (χ0n) is 17.0. The predicted molar refractivity (Wildman–Crippen MR) is 111 cm³/mol. The lowest BCUT2D eigenvalue weighted by Gasteiger charge is -2.27. The Labute approximate surface area is 178 Å². The number of hydrogen-bond acceptors (Lipinski definition) is 7. The van der Waals surface area contributed by atoms with Crippen LogP contribution in [-0.2, 0) is 4.74 Å². The number of rotatable bonds is 5. The number of nitrogens with zero attached hydrogens (tertiary/aromatic N) is 5. The number of morpholine rings is 1. The molecule has 0 unspecified atom stereocenters. The molecule has 0 bridgehead atoms. The van der Waals surface area contributed by atoms with Crippen LogP contribution in [0.25, 0.3) is 16.9 Å². The molecule has 1 aliphatic heterocycles. The molecule has 0 spiro atoms. The van der Waals surface area contributed by atoms with E-state index in [1.807, 2.05) is 4.90 Å². The Morgan fingerprint density at radius 2 is 1.90 bits per heavy atom. The Hall–Kier alpha value is -2.85. The van der Waals surface area contributed by atoms with Gasteiger partial charge in [0, 0.05) is 25.2 Å². The molecule has 10 heteroatoms. The van der Waals surface area contributed by atoms with E-state index in [0.717, 1.165) is 19.3 Å². The first kappa shape index (κ1) is 20.1. The second kappa shape index (κ2) is 8.35. The number of aromatic nitrogens is 4. The molecular weight excluding hydrogens is 406 g/mol. The number of halogens is 2. The van der Waals surface area contributed by atoms with Crippen molar-refractivity contribution in [3.63, 3.8) is 0 Å². The second-order valence-corrected chi connectivity index (χ2v) is 7.87. The molecule has 1 saturated heterocycles. The molecule has 164 valence electrons. The van der Waals surface area contributed by atoms with E-state index in [-0.39, 0.29) is 18.0 Å². The van der Waals surface area contributed by atoms with Gasteiger partial charge in [0.05, 0.1) is 24.2 Å². The molecular formula is C21H24F2N6O2. The third kappa shape index (κ3) is 4.05. The molecule has 2 fully saturated rings. The molecule has 2 aromatic heterocycles. The van der Waals surface area contributed by atoms with Crippen LogP contribution < -0.4 is 15.4 Å². The van der Waals surface area contributed by atoms with E-state index in [1.54, 1.807) is 30.3 Å². The van der Waals surface area contributed by atoms with Gasteiger partial charge in [-0.2, -0.15) is 9.97 Å². The third-order valence-electron chi connectivity index (χ3n) is 5.69. The van der Waals surface area contributed by atoms with E-state index in [9.17, 15) is 8.78 Å². The van der Waals surface area contributed by atoms with E-state index in [1.165, 1.54) is 4.57 Å². The molecule has 1 saturated carbocycles. The summed E-state index contributed by atoms with van der Waals surface area (Å²) in [5, 5.41) is 0. The summed E-state index contributed by atoms with van der Waals surface area (Å²) < 4.78 is 40.7. The molecule has 2 atom stereocenters. The van der Waals surface area contributed by atoms with Gasteiger partial charge in [-0.05, 0) is 31.4 Å². The fraction of sp³-hybridized carbons (Fsp3) is 0.476. The predicted octanol–water partition coefficient (Wildman–Crippen LogP) is 2.85. The standard InChI is InChI=1S/C21H24F2N6O2/c22-19(23)20-25-15-3-1-2-4-16(15)29(20)17-12-18(31-14-6-5-13(24)11-14)27-21(26-17)28-7-9-30-10-8-28/h1-4,12-14,19H,5-11,24H2/t13-,14-/m0/s1. The largest absolute Gasteiger partial charge is 0.474 e. The average molecular weight is 430 g/mol. The molecule has 31 heavy (non-hydrogen) atoms. The molecule has 8 nitrogen and oxygen atoms in total. The molecule has 5 rings (SSSR count). The Bertz CT molecular complexity index is 1070. The first-order valence-corrected chi connectivity index (χ1v) is 10.5. The van der Waals surface area contributed by atoms with E-state index in [4.69, 9.17) is 15.2 Å². The van der Waals surface area contributed by atoms with Gasteiger partial charge in [-0.15, -0.1) is 0 Å². The molecule has 0 amide bonds. The molecule has 3 heterocycles. The van der Waals surface area contributed by atoms with Crippen molar-refractivity contribution in [1.29, 1.82) is 0 Å². The van der Waals surface area contributed by atoms with Crippen molar-refractivity contribution >= 4 is 17.0 Å². The maximum atomic E-state index is 13.9. The summed E-state index contributed by atoms with van der Waals surface area (Å²) in [5.41, 5.74) is 7.05. The van der Waals surface area contributed by atoms with Crippen molar-refractivity contribution in [3.8, 4) is 11.7 Å². The summed E-state index contributed by atoms with van der Waals surface area (Å²) in [5.74, 6) is 0.721. The van der Waals surface area contributed by atoms with Crippen LogP contribution in [0.5, 0.6) is 5.88 Å². The highest BCUT2D eigenvalue weighted by molar-refractivity contribution is 5.78. The van der Waals surface area contributed by atoms with Crippen molar-refractivity contribution in [1.82, 2.24) is 19.5 Å². The van der Waals surface area contributed by atoms with Crippen molar-refractivity contribution in [2.24, 2.45) is 5.73 Å². The molecule has 2 aliphatic rings. The molecule has 3 aromatic rings. The average Bonchev–Trinajstić information content (AvgIpc) is 3.37. The fourth-order valence-electron chi connectivity index (χ4n) is 4.16. The lowest BCUT2D eigenvalue weighted by atomic mass is 10.3. The van der Waals surface area contributed by atoms with Gasteiger partial charge in [0.2, 0.25) is 11.8 Å². The minimum atomic E-state index is -2.76. The van der Waals surface area contributed by atoms with Gasteiger partial charge in [0.15, 0.2) is 5.82 Å². The number of alkyl halides is 2. The number of anilines is 1. The third-order valence-corrected chi connectivity index (χ3v) is 5.69. The first-order valence-electron chi connectivity index (χ1n) is 10.5. The van der Waals surface area contributed by atoms with Crippen LogP contribution in [-0.4, -0.2) is 58.0 Å². The highest BCUT2D eigenvalue weighted by Crippen LogP contribution is 2.30. The van der Waals surface area contributed by atoms with Crippen molar-refractivity contribution in [3.05, 3.63) is 36.2 Å². The SMILES string of the molecule is N[C@H]1CC[C@H](Oc2cc(-n3c(C(F)F)nc4ccccc43)nc(N3CCOCC3)n2)C1. The lowest BCUT2D eigenvalue weighted by molar-refractivity contribution is 0.121. The molecule has 1 aliphatic carbocycles. The number of fused-ring (bicyclic) bond motifs is 1. The van der Waals surface area contributed by atoms with Gasteiger partial charge >= 0.3 is 0 Å². The van der Waals surface area contributed by atoms with Crippen molar-refractivity contribution < 1.29 is 18.3 Å². The highest BCUT2D eigenvalue weighted by atomic mass is 19.3. The van der Waals surface area contributed by atoms with E-state index in [2.05, 4.69) is 15.0 Å². The molecule has 1 aromatic carbocycles. The minimum absolute atomic E-state index is 0.0515. The Kier molecular flexibility index (Phi) is 5.41. The Balaban J connectivity index is 1.61. The maximum Gasteiger partial charge on any atom is 0.296 e. The maximum absolute atomic E-state index is 13.9. The van der Waals surface area contributed by atoms with Gasteiger partial charge < -0.3 is 20.1 Å². The normalized spacial score (nSPS) is 21.9. The van der Waals surface area contributed by atoms with Crippen molar-refractivity contribution in [2.45, 2.75) is 37.8 Å². The van der Waals surface area contributed by atoms with Gasteiger partial charge in [0.1, 0.15) is 11.9 Å². The van der Waals surface area contributed by atoms with E-state index >= 15 is 0 Å². The number of hydrogen-bond donors (Lipinski definition) is 1. The number of benzene rings is 1. The van der Waals surface area contributed by atoms with Crippen LogP contribution in [0.2, 0.25) is 0 Å². The topological polar surface area (TPSA) is 91.3 Å². The summed E-state index contributed by atoms with van der Waals surface area (Å²) >= 11 is 0. The van der Waals surface area contributed by atoms with Crippen LogP contribution >= 0.6 is 0 Å². The first-order chi connectivity index (χ1) is 15.1. The number of para-hydroxylation sites is 2. The summed E-state index contributed by atoms with van der Waals surface area (Å²) in [6.45, 7) is 2.34. The van der Waals surface area contributed by atoms with Crippen LogP contribution in [0.15, 0.2) is 30.3 Å². The summed E-state index contributed by atoms with van der Waals surface area (Å²) in [7, 11) is 0. The Morgan fingerprint density at radius 1 is 1.10 bits per heavy atom. The number of imidazole rings is 1. The van der Waals surface area contributed by atoms with E-state index < -0.39 is 6.43 Å². The number of nitrogens with two attached hydrogens (primary N) is 1. The zero-order valence-corrected chi connectivity index (χ0v) is 17.0. The Morgan fingerprint density at radius 3 is 2.65 bits per heavy atom.